The molecular formula is C14H27FO4SSi. The molecule has 1 fully saturated rings. The summed E-state index contributed by atoms with van der Waals surface area (Å²) in [4.78, 5) is 0. The van der Waals surface area contributed by atoms with E-state index in [9.17, 15) is 12.8 Å². The van der Waals surface area contributed by atoms with Gasteiger partial charge in [-0.25, -0.2) is 4.39 Å². The second-order valence-electron chi connectivity index (χ2n) is 7.30. The van der Waals surface area contributed by atoms with Gasteiger partial charge in [-0.1, -0.05) is 27.4 Å². The maximum Gasteiger partial charge on any atom is 0.264 e. The SMILES string of the molecule is C=C1[C@@H](OS(C)(=O)=O)C[C@@H](O[Si](C)(C)C(C)(C)C)C[C@@H]1F. The highest BCUT2D eigenvalue weighted by molar-refractivity contribution is 7.86. The van der Waals surface area contributed by atoms with Crippen molar-refractivity contribution in [2.75, 3.05) is 6.26 Å². The smallest absolute Gasteiger partial charge is 0.264 e. The van der Waals surface area contributed by atoms with Crippen molar-refractivity contribution in [1.82, 2.24) is 0 Å². The molecule has 1 saturated carbocycles. The summed E-state index contributed by atoms with van der Waals surface area (Å²) in [5.74, 6) is 0. The zero-order chi connectivity index (χ0) is 16.6. The van der Waals surface area contributed by atoms with E-state index in [-0.39, 0.29) is 23.1 Å². The molecule has 0 aromatic heterocycles. The van der Waals surface area contributed by atoms with Crippen molar-refractivity contribution >= 4 is 18.4 Å². The van der Waals surface area contributed by atoms with Gasteiger partial charge in [0.1, 0.15) is 12.3 Å². The van der Waals surface area contributed by atoms with Gasteiger partial charge < -0.3 is 4.43 Å². The van der Waals surface area contributed by atoms with Crippen molar-refractivity contribution in [3.05, 3.63) is 12.2 Å². The molecule has 0 radical (unpaired) electrons. The Balaban J connectivity index is 2.85. The third-order valence-electron chi connectivity index (χ3n) is 4.32. The summed E-state index contributed by atoms with van der Waals surface area (Å²) in [6.45, 7) is 14.1. The molecule has 7 heteroatoms. The van der Waals surface area contributed by atoms with E-state index in [1.807, 2.05) is 0 Å². The molecular weight excluding hydrogens is 311 g/mol. The normalized spacial score (nSPS) is 28.7. The number of alkyl halides is 1. The van der Waals surface area contributed by atoms with Gasteiger partial charge in [0.15, 0.2) is 8.32 Å². The molecule has 1 aliphatic carbocycles. The van der Waals surface area contributed by atoms with E-state index < -0.39 is 30.7 Å². The van der Waals surface area contributed by atoms with Crippen molar-refractivity contribution < 1.29 is 21.4 Å². The Morgan fingerprint density at radius 3 is 2.24 bits per heavy atom. The second kappa shape index (κ2) is 6.10. The van der Waals surface area contributed by atoms with E-state index in [0.717, 1.165) is 6.26 Å². The summed E-state index contributed by atoms with van der Waals surface area (Å²) < 4.78 is 47.8. The average Bonchev–Trinajstić information content (AvgIpc) is 2.20. The van der Waals surface area contributed by atoms with E-state index in [2.05, 4.69) is 40.4 Å². The van der Waals surface area contributed by atoms with Gasteiger partial charge in [0.05, 0.1) is 12.4 Å². The third kappa shape index (κ3) is 5.16. The molecule has 0 spiro atoms. The van der Waals surface area contributed by atoms with Gasteiger partial charge in [-0.3, -0.25) is 4.18 Å². The minimum Gasteiger partial charge on any atom is -0.414 e. The van der Waals surface area contributed by atoms with Crippen molar-refractivity contribution in [1.29, 1.82) is 0 Å². The van der Waals surface area contributed by atoms with E-state index in [1.165, 1.54) is 0 Å². The molecule has 0 saturated heterocycles. The summed E-state index contributed by atoms with van der Waals surface area (Å²) in [5, 5.41) is 0.0143. The monoisotopic (exact) mass is 338 g/mol. The Morgan fingerprint density at radius 2 is 1.81 bits per heavy atom. The fraction of sp³-hybridized carbons (Fsp3) is 0.857. The fourth-order valence-corrected chi connectivity index (χ4v) is 4.08. The first kappa shape index (κ1) is 18.8. The fourth-order valence-electron chi connectivity index (χ4n) is 2.07. The van der Waals surface area contributed by atoms with Crippen LogP contribution in [0.4, 0.5) is 4.39 Å². The third-order valence-corrected chi connectivity index (χ3v) is 9.44. The van der Waals surface area contributed by atoms with Crippen LogP contribution in [0.5, 0.6) is 0 Å². The van der Waals surface area contributed by atoms with Gasteiger partial charge in [0, 0.05) is 12.8 Å². The molecule has 1 rings (SSSR count). The summed E-state index contributed by atoms with van der Waals surface area (Å²) >= 11 is 0. The zero-order valence-electron chi connectivity index (χ0n) is 13.8. The van der Waals surface area contributed by atoms with Gasteiger partial charge in [-0.2, -0.15) is 8.42 Å². The average molecular weight is 339 g/mol. The zero-order valence-corrected chi connectivity index (χ0v) is 15.6. The lowest BCUT2D eigenvalue weighted by atomic mass is 9.90. The van der Waals surface area contributed by atoms with Crippen molar-refractivity contribution in [2.24, 2.45) is 0 Å². The molecule has 4 nitrogen and oxygen atoms in total. The first-order valence-corrected chi connectivity index (χ1v) is 11.8. The van der Waals surface area contributed by atoms with Crippen LogP contribution in [0.2, 0.25) is 18.1 Å². The largest absolute Gasteiger partial charge is 0.414 e. The molecule has 0 heterocycles. The molecule has 0 aromatic rings. The van der Waals surface area contributed by atoms with Crippen LogP contribution in [-0.2, 0) is 18.7 Å². The number of hydrogen-bond acceptors (Lipinski definition) is 4. The predicted octanol–water partition coefficient (Wildman–Crippen LogP) is 3.41. The molecule has 0 amide bonds. The standard InChI is InChI=1S/C14H27FO4SSi/c1-10-12(15)8-11(9-13(10)18-20(5,16)17)19-21(6,7)14(2,3)4/h11-13H,1,8-9H2,2-7H3/t11-,12-,13-/m0/s1. The first-order valence-electron chi connectivity index (χ1n) is 7.12. The summed E-state index contributed by atoms with van der Waals surface area (Å²) in [7, 11) is -5.68. The molecule has 0 N–H and O–H groups in total. The highest BCUT2D eigenvalue weighted by Crippen LogP contribution is 2.40. The van der Waals surface area contributed by atoms with E-state index in [4.69, 9.17) is 8.61 Å². The summed E-state index contributed by atoms with van der Waals surface area (Å²) in [5.41, 5.74) is 0.190. The molecule has 0 aromatic carbocycles. The molecule has 21 heavy (non-hydrogen) atoms. The number of rotatable bonds is 4. The van der Waals surface area contributed by atoms with E-state index in [1.54, 1.807) is 0 Å². The lowest BCUT2D eigenvalue weighted by molar-refractivity contribution is 0.0622. The molecule has 0 unspecified atom stereocenters. The lowest BCUT2D eigenvalue weighted by Crippen LogP contribution is -2.47. The topological polar surface area (TPSA) is 52.6 Å². The van der Waals surface area contributed by atoms with Crippen molar-refractivity contribution in [3.8, 4) is 0 Å². The van der Waals surface area contributed by atoms with Gasteiger partial charge in [0.25, 0.3) is 10.1 Å². The first-order chi connectivity index (χ1) is 9.23. The van der Waals surface area contributed by atoms with Crippen LogP contribution in [0.3, 0.4) is 0 Å². The van der Waals surface area contributed by atoms with Crippen molar-refractivity contribution in [2.45, 2.75) is 70.1 Å². The lowest BCUT2D eigenvalue weighted by Gasteiger charge is -2.42. The highest BCUT2D eigenvalue weighted by atomic mass is 32.2. The number of halogens is 1. The van der Waals surface area contributed by atoms with Crippen LogP contribution in [0.25, 0.3) is 0 Å². The quantitative estimate of drug-likeness (QED) is 0.448. The van der Waals surface area contributed by atoms with Gasteiger partial charge >= 0.3 is 0 Å². The van der Waals surface area contributed by atoms with Crippen LogP contribution in [0.1, 0.15) is 33.6 Å². The predicted molar refractivity (Wildman–Crippen MR) is 85.1 cm³/mol. The van der Waals surface area contributed by atoms with E-state index >= 15 is 0 Å². The molecule has 0 bridgehead atoms. The molecule has 3 atom stereocenters. The van der Waals surface area contributed by atoms with Crippen LogP contribution in [0.15, 0.2) is 12.2 Å². The Labute approximate surface area is 129 Å². The molecule has 1 aliphatic rings. The van der Waals surface area contributed by atoms with Crippen LogP contribution in [-0.4, -0.2) is 41.4 Å². The van der Waals surface area contributed by atoms with E-state index in [0.29, 0.717) is 6.42 Å². The molecule has 124 valence electrons. The number of hydrogen-bond donors (Lipinski definition) is 0. The van der Waals surface area contributed by atoms with Crippen LogP contribution in [0, 0.1) is 0 Å². The van der Waals surface area contributed by atoms with Crippen LogP contribution >= 0.6 is 0 Å². The Kier molecular flexibility index (Phi) is 5.46. The second-order valence-corrected chi connectivity index (χ2v) is 13.7. The Bertz CT molecular complexity index is 496. The highest BCUT2D eigenvalue weighted by Gasteiger charge is 2.43. The maximum atomic E-state index is 14.1. The minimum absolute atomic E-state index is 0.0143. The Hall–Kier alpha value is -0.243. The van der Waals surface area contributed by atoms with Gasteiger partial charge in [0.2, 0.25) is 0 Å². The van der Waals surface area contributed by atoms with Gasteiger partial charge in [-0.15, -0.1) is 0 Å². The molecule has 0 aliphatic heterocycles. The summed E-state index contributed by atoms with van der Waals surface area (Å²) in [6, 6.07) is 0. The van der Waals surface area contributed by atoms with Gasteiger partial charge in [-0.05, 0) is 23.7 Å². The Morgan fingerprint density at radius 1 is 1.29 bits per heavy atom. The maximum absolute atomic E-state index is 14.1. The minimum atomic E-state index is -3.65. The summed E-state index contributed by atoms with van der Waals surface area (Å²) in [6.07, 6.45) is -0.948. The van der Waals surface area contributed by atoms with Crippen LogP contribution < -0.4 is 0 Å². The van der Waals surface area contributed by atoms with Crippen molar-refractivity contribution in [3.63, 3.8) is 0 Å².